The summed E-state index contributed by atoms with van der Waals surface area (Å²) in [7, 11) is 0. The summed E-state index contributed by atoms with van der Waals surface area (Å²) >= 11 is 3.42. The van der Waals surface area contributed by atoms with Gasteiger partial charge < -0.3 is 15.9 Å². The Bertz CT molecular complexity index is 377. The van der Waals surface area contributed by atoms with E-state index in [0.29, 0.717) is 5.56 Å². The molecule has 2 unspecified atom stereocenters. The maximum absolute atomic E-state index is 9.87. The first-order chi connectivity index (χ1) is 6.86. The van der Waals surface area contributed by atoms with E-state index in [-0.39, 0.29) is 5.75 Å². The van der Waals surface area contributed by atoms with Crippen LogP contribution in [0, 0.1) is 13.8 Å². The average molecular weight is 274 g/mol. The summed E-state index contributed by atoms with van der Waals surface area (Å²) < 4.78 is 0.898. The molecule has 1 aromatic rings. The first kappa shape index (κ1) is 12.5. The third kappa shape index (κ3) is 2.33. The van der Waals surface area contributed by atoms with E-state index in [1.165, 1.54) is 0 Å². The number of phenols is 1. The van der Waals surface area contributed by atoms with Gasteiger partial charge in [-0.1, -0.05) is 15.9 Å². The summed E-state index contributed by atoms with van der Waals surface area (Å²) in [4.78, 5) is 0. The number of aromatic hydroxyl groups is 1. The lowest BCUT2D eigenvalue weighted by molar-refractivity contribution is 0.149. The second kappa shape index (κ2) is 4.51. The molecule has 1 rings (SSSR count). The van der Waals surface area contributed by atoms with Crippen LogP contribution in [0.5, 0.6) is 5.75 Å². The third-order valence-electron chi connectivity index (χ3n) is 2.50. The van der Waals surface area contributed by atoms with Crippen LogP contribution in [0.1, 0.15) is 29.7 Å². The summed E-state index contributed by atoms with van der Waals surface area (Å²) in [6, 6.07) is 1.21. The number of aliphatic hydroxyl groups is 1. The van der Waals surface area contributed by atoms with Crippen molar-refractivity contribution >= 4 is 15.9 Å². The van der Waals surface area contributed by atoms with E-state index in [2.05, 4.69) is 15.9 Å². The lowest BCUT2D eigenvalue weighted by atomic mass is 9.96. The monoisotopic (exact) mass is 273 g/mol. The Balaban J connectivity index is 3.36. The van der Waals surface area contributed by atoms with Gasteiger partial charge in [0.1, 0.15) is 5.75 Å². The maximum atomic E-state index is 9.87. The van der Waals surface area contributed by atoms with Gasteiger partial charge in [0, 0.05) is 16.1 Å². The van der Waals surface area contributed by atoms with Crippen LogP contribution in [0.25, 0.3) is 0 Å². The molecule has 4 heteroatoms. The quantitative estimate of drug-likeness (QED) is 0.774. The van der Waals surface area contributed by atoms with Crippen LogP contribution in [0.2, 0.25) is 0 Å². The molecule has 0 aliphatic carbocycles. The normalized spacial score (nSPS) is 15.1. The minimum Gasteiger partial charge on any atom is -0.508 e. The van der Waals surface area contributed by atoms with Gasteiger partial charge in [-0.05, 0) is 38.0 Å². The van der Waals surface area contributed by atoms with Crippen molar-refractivity contribution in [3.63, 3.8) is 0 Å². The van der Waals surface area contributed by atoms with Gasteiger partial charge in [-0.2, -0.15) is 0 Å². The second-order valence-corrected chi connectivity index (χ2v) is 4.66. The molecule has 0 heterocycles. The smallest absolute Gasteiger partial charge is 0.122 e. The molecule has 0 fully saturated rings. The first-order valence-electron chi connectivity index (χ1n) is 4.78. The second-order valence-electron chi connectivity index (χ2n) is 3.87. The van der Waals surface area contributed by atoms with Crippen LogP contribution in [0.15, 0.2) is 10.5 Å². The Morgan fingerprint density at radius 2 is 1.93 bits per heavy atom. The van der Waals surface area contributed by atoms with E-state index in [1.807, 2.05) is 13.8 Å². The molecule has 2 atom stereocenters. The summed E-state index contributed by atoms with van der Waals surface area (Å²) in [5.74, 6) is 0.0954. The summed E-state index contributed by atoms with van der Waals surface area (Å²) in [5, 5.41) is 19.6. The molecular weight excluding hydrogens is 258 g/mol. The van der Waals surface area contributed by atoms with Crippen molar-refractivity contribution in [2.45, 2.75) is 32.9 Å². The van der Waals surface area contributed by atoms with E-state index in [9.17, 15) is 10.2 Å². The Morgan fingerprint density at radius 1 is 1.40 bits per heavy atom. The predicted octanol–water partition coefficient (Wildman–Crippen LogP) is 2.15. The molecule has 0 spiro atoms. The van der Waals surface area contributed by atoms with Crippen molar-refractivity contribution in [2.24, 2.45) is 5.73 Å². The van der Waals surface area contributed by atoms with Gasteiger partial charge in [-0.15, -0.1) is 0 Å². The Hall–Kier alpha value is -0.580. The van der Waals surface area contributed by atoms with Crippen LogP contribution in [-0.4, -0.2) is 16.3 Å². The highest BCUT2D eigenvalue weighted by atomic mass is 79.9. The molecule has 4 N–H and O–H groups in total. The fraction of sp³-hybridized carbons (Fsp3) is 0.455. The molecule has 84 valence electrons. The number of nitrogens with two attached hydrogens (primary N) is 1. The Morgan fingerprint density at radius 3 is 2.40 bits per heavy atom. The summed E-state index contributed by atoms with van der Waals surface area (Å²) in [6.45, 7) is 5.44. The van der Waals surface area contributed by atoms with E-state index in [0.717, 1.165) is 15.6 Å². The fourth-order valence-corrected chi connectivity index (χ4v) is 1.92. The molecule has 0 aliphatic rings. The Labute approximate surface area is 98.1 Å². The van der Waals surface area contributed by atoms with Crippen molar-refractivity contribution in [2.75, 3.05) is 0 Å². The fourth-order valence-electron chi connectivity index (χ4n) is 1.59. The number of aryl methyl sites for hydroxylation is 1. The standard InChI is InChI=1S/C11H16BrNO2/c1-5-4-8(14)9(6(2)10(5)12)11(15)7(3)13/h4,7,11,14-15H,13H2,1-3H3. The van der Waals surface area contributed by atoms with E-state index < -0.39 is 12.1 Å². The molecule has 0 aromatic heterocycles. The van der Waals surface area contributed by atoms with Crippen LogP contribution in [-0.2, 0) is 0 Å². The maximum Gasteiger partial charge on any atom is 0.122 e. The molecule has 0 aliphatic heterocycles. The minimum absolute atomic E-state index is 0.0954. The molecule has 1 aromatic carbocycles. The average Bonchev–Trinajstić information content (AvgIpc) is 2.14. The van der Waals surface area contributed by atoms with Crippen molar-refractivity contribution in [1.82, 2.24) is 0 Å². The Kier molecular flexibility index (Phi) is 3.76. The number of rotatable bonds is 2. The number of aliphatic hydroxyl groups excluding tert-OH is 1. The largest absolute Gasteiger partial charge is 0.508 e. The van der Waals surface area contributed by atoms with Gasteiger partial charge >= 0.3 is 0 Å². The highest BCUT2D eigenvalue weighted by Crippen LogP contribution is 2.35. The molecular formula is C11H16BrNO2. The van der Waals surface area contributed by atoms with Crippen molar-refractivity contribution < 1.29 is 10.2 Å². The van der Waals surface area contributed by atoms with Gasteiger partial charge in [0.25, 0.3) is 0 Å². The van der Waals surface area contributed by atoms with Gasteiger partial charge in [-0.25, -0.2) is 0 Å². The molecule has 0 saturated carbocycles. The number of hydrogen-bond acceptors (Lipinski definition) is 3. The number of hydrogen-bond donors (Lipinski definition) is 3. The van der Waals surface area contributed by atoms with Gasteiger partial charge in [0.2, 0.25) is 0 Å². The highest BCUT2D eigenvalue weighted by Gasteiger charge is 2.21. The predicted molar refractivity (Wildman–Crippen MR) is 63.9 cm³/mol. The van der Waals surface area contributed by atoms with Gasteiger partial charge in [-0.3, -0.25) is 0 Å². The first-order valence-corrected chi connectivity index (χ1v) is 5.57. The summed E-state index contributed by atoms with van der Waals surface area (Å²) in [6.07, 6.45) is -0.845. The van der Waals surface area contributed by atoms with Crippen LogP contribution >= 0.6 is 15.9 Å². The van der Waals surface area contributed by atoms with E-state index >= 15 is 0 Å². The van der Waals surface area contributed by atoms with Crippen LogP contribution in [0.3, 0.4) is 0 Å². The number of phenolic OH excluding ortho intramolecular Hbond substituents is 1. The number of halogens is 1. The molecule has 15 heavy (non-hydrogen) atoms. The SMILES string of the molecule is Cc1cc(O)c(C(O)C(C)N)c(C)c1Br. The van der Waals surface area contributed by atoms with Gasteiger partial charge in [0.05, 0.1) is 6.10 Å². The van der Waals surface area contributed by atoms with Crippen molar-refractivity contribution in [3.05, 3.63) is 27.2 Å². The molecule has 0 saturated heterocycles. The molecule has 3 nitrogen and oxygen atoms in total. The van der Waals surface area contributed by atoms with Gasteiger partial charge in [0.15, 0.2) is 0 Å². The lowest BCUT2D eigenvalue weighted by Gasteiger charge is -2.20. The minimum atomic E-state index is -0.845. The highest BCUT2D eigenvalue weighted by molar-refractivity contribution is 9.10. The topological polar surface area (TPSA) is 66.5 Å². The molecule has 0 bridgehead atoms. The molecule has 0 radical (unpaired) electrons. The van der Waals surface area contributed by atoms with Crippen molar-refractivity contribution in [1.29, 1.82) is 0 Å². The third-order valence-corrected chi connectivity index (χ3v) is 3.72. The molecule has 0 amide bonds. The zero-order chi connectivity index (χ0) is 11.7. The number of benzene rings is 1. The van der Waals surface area contributed by atoms with E-state index in [4.69, 9.17) is 5.73 Å². The van der Waals surface area contributed by atoms with E-state index in [1.54, 1.807) is 13.0 Å². The lowest BCUT2D eigenvalue weighted by Crippen LogP contribution is -2.25. The zero-order valence-corrected chi connectivity index (χ0v) is 10.7. The van der Waals surface area contributed by atoms with Crippen LogP contribution < -0.4 is 5.73 Å². The van der Waals surface area contributed by atoms with Crippen molar-refractivity contribution in [3.8, 4) is 5.75 Å². The zero-order valence-electron chi connectivity index (χ0n) is 9.08. The summed E-state index contributed by atoms with van der Waals surface area (Å²) in [5.41, 5.74) is 7.89. The van der Waals surface area contributed by atoms with Crippen LogP contribution in [0.4, 0.5) is 0 Å².